The maximum atomic E-state index is 5.64. The summed E-state index contributed by atoms with van der Waals surface area (Å²) in [4.78, 5) is 4.03. The molecule has 0 unspecified atom stereocenters. The highest BCUT2D eigenvalue weighted by Gasteiger charge is 2.14. The minimum atomic E-state index is 0.707. The number of hydrogen-bond donors (Lipinski definition) is 2. The molecule has 0 aliphatic carbocycles. The van der Waals surface area contributed by atoms with E-state index in [0.29, 0.717) is 5.82 Å². The number of nitrogens with zero attached hydrogens (tertiary/aromatic N) is 2. The Balaban J connectivity index is 2.74. The summed E-state index contributed by atoms with van der Waals surface area (Å²) in [6, 6.07) is 0. The van der Waals surface area contributed by atoms with Gasteiger partial charge in [-0.25, -0.2) is 0 Å². The lowest BCUT2D eigenvalue weighted by Crippen LogP contribution is -2.44. The summed E-state index contributed by atoms with van der Waals surface area (Å²) >= 11 is 0. The third-order valence-corrected chi connectivity index (χ3v) is 1.63. The van der Waals surface area contributed by atoms with E-state index in [1.165, 1.54) is 0 Å². The molecule has 4 N–H and O–H groups in total. The van der Waals surface area contributed by atoms with E-state index in [9.17, 15) is 0 Å². The van der Waals surface area contributed by atoms with Gasteiger partial charge in [-0.15, -0.1) is 0 Å². The van der Waals surface area contributed by atoms with Gasteiger partial charge >= 0.3 is 0 Å². The quantitative estimate of drug-likeness (QED) is 0.451. The zero-order valence-electron chi connectivity index (χ0n) is 6.46. The molecule has 0 amide bonds. The van der Waals surface area contributed by atoms with E-state index in [4.69, 9.17) is 11.5 Å². The van der Waals surface area contributed by atoms with Gasteiger partial charge in [-0.1, -0.05) is 0 Å². The van der Waals surface area contributed by atoms with Crippen molar-refractivity contribution in [1.29, 1.82) is 0 Å². The Hall–Kier alpha value is -0.900. The van der Waals surface area contributed by atoms with Crippen molar-refractivity contribution in [3.63, 3.8) is 0 Å². The molecule has 0 saturated carbocycles. The first-order valence-corrected chi connectivity index (χ1v) is 3.25. The standard InChI is InChI=1S/C6H14N4/c1-9-3-5(7)6(8)10(2)4-9/h3-4,7-8H2,1-2H3. The first kappa shape index (κ1) is 7.21. The van der Waals surface area contributed by atoms with Crippen molar-refractivity contribution in [2.24, 2.45) is 11.5 Å². The topological polar surface area (TPSA) is 58.5 Å². The monoisotopic (exact) mass is 142 g/mol. The van der Waals surface area contributed by atoms with Gasteiger partial charge in [-0.05, 0) is 7.05 Å². The predicted octanol–water partition coefficient (Wildman–Crippen LogP) is -1.09. The van der Waals surface area contributed by atoms with Crippen molar-refractivity contribution in [2.45, 2.75) is 0 Å². The lowest BCUT2D eigenvalue weighted by atomic mass is 10.3. The van der Waals surface area contributed by atoms with Crippen LogP contribution in [0.25, 0.3) is 0 Å². The van der Waals surface area contributed by atoms with Crippen molar-refractivity contribution in [3.8, 4) is 0 Å². The van der Waals surface area contributed by atoms with Crippen LogP contribution in [0.1, 0.15) is 0 Å². The highest BCUT2D eigenvalue weighted by Crippen LogP contribution is 2.06. The second kappa shape index (κ2) is 2.38. The molecule has 10 heavy (non-hydrogen) atoms. The minimum absolute atomic E-state index is 0.707. The van der Waals surface area contributed by atoms with Crippen LogP contribution in [0.4, 0.5) is 0 Å². The normalized spacial score (nSPS) is 22.0. The number of hydrogen-bond acceptors (Lipinski definition) is 4. The third kappa shape index (κ3) is 1.16. The summed E-state index contributed by atoms with van der Waals surface area (Å²) in [6.07, 6.45) is 0. The van der Waals surface area contributed by atoms with Crippen molar-refractivity contribution in [2.75, 3.05) is 27.3 Å². The van der Waals surface area contributed by atoms with Gasteiger partial charge < -0.3 is 16.4 Å². The van der Waals surface area contributed by atoms with Gasteiger partial charge in [0.25, 0.3) is 0 Å². The Morgan fingerprint density at radius 1 is 1.30 bits per heavy atom. The zero-order chi connectivity index (χ0) is 7.72. The Kier molecular flexibility index (Phi) is 1.72. The minimum Gasteiger partial charge on any atom is -0.398 e. The smallest absolute Gasteiger partial charge is 0.120 e. The van der Waals surface area contributed by atoms with Crippen LogP contribution in [0, 0.1) is 0 Å². The van der Waals surface area contributed by atoms with E-state index < -0.39 is 0 Å². The SMILES string of the molecule is CN1CC(N)=C(N)N(C)C1. The van der Waals surface area contributed by atoms with Crippen LogP contribution in [0.5, 0.6) is 0 Å². The molecule has 0 aromatic rings. The molecule has 1 aliphatic rings. The Bertz CT molecular complexity index is 163. The average Bonchev–Trinajstić information content (AvgIpc) is 1.82. The zero-order valence-corrected chi connectivity index (χ0v) is 6.46. The molecule has 4 heteroatoms. The molecule has 0 saturated heterocycles. The van der Waals surface area contributed by atoms with Crippen molar-refractivity contribution >= 4 is 0 Å². The lowest BCUT2D eigenvalue weighted by Gasteiger charge is -2.32. The summed E-state index contributed by atoms with van der Waals surface area (Å²) in [5.74, 6) is 0.707. The molecule has 0 aromatic heterocycles. The van der Waals surface area contributed by atoms with Crippen LogP contribution in [0.3, 0.4) is 0 Å². The van der Waals surface area contributed by atoms with Crippen LogP contribution < -0.4 is 11.5 Å². The highest BCUT2D eigenvalue weighted by molar-refractivity contribution is 5.10. The molecule has 0 radical (unpaired) electrons. The van der Waals surface area contributed by atoms with Crippen LogP contribution in [0.15, 0.2) is 11.5 Å². The molecule has 1 aliphatic heterocycles. The molecular weight excluding hydrogens is 128 g/mol. The van der Waals surface area contributed by atoms with Crippen molar-refractivity contribution in [3.05, 3.63) is 11.5 Å². The summed E-state index contributed by atoms with van der Waals surface area (Å²) < 4.78 is 0. The van der Waals surface area contributed by atoms with E-state index in [2.05, 4.69) is 4.90 Å². The summed E-state index contributed by atoms with van der Waals surface area (Å²) in [5.41, 5.74) is 12.0. The van der Waals surface area contributed by atoms with Gasteiger partial charge in [0.15, 0.2) is 0 Å². The van der Waals surface area contributed by atoms with E-state index in [0.717, 1.165) is 18.9 Å². The lowest BCUT2D eigenvalue weighted by molar-refractivity contribution is 0.200. The Labute approximate surface area is 61.1 Å². The molecule has 0 aromatic carbocycles. The Morgan fingerprint density at radius 3 is 2.40 bits per heavy atom. The molecule has 1 heterocycles. The summed E-state index contributed by atoms with van der Waals surface area (Å²) in [7, 11) is 3.94. The fraction of sp³-hybridized carbons (Fsp3) is 0.667. The number of nitrogens with two attached hydrogens (primary N) is 2. The van der Waals surface area contributed by atoms with E-state index in [-0.39, 0.29) is 0 Å². The predicted molar refractivity (Wildman–Crippen MR) is 40.7 cm³/mol. The van der Waals surface area contributed by atoms with E-state index in [1.54, 1.807) is 0 Å². The van der Waals surface area contributed by atoms with E-state index >= 15 is 0 Å². The van der Waals surface area contributed by atoms with Gasteiger partial charge in [0.05, 0.1) is 12.4 Å². The van der Waals surface area contributed by atoms with E-state index in [1.807, 2.05) is 19.0 Å². The molecular formula is C6H14N4. The van der Waals surface area contributed by atoms with Gasteiger partial charge in [-0.2, -0.15) is 0 Å². The Morgan fingerprint density at radius 2 is 1.90 bits per heavy atom. The molecule has 0 spiro atoms. The number of rotatable bonds is 0. The maximum absolute atomic E-state index is 5.64. The maximum Gasteiger partial charge on any atom is 0.120 e. The number of likely N-dealkylation sites (N-methyl/N-ethyl adjacent to an activating group) is 1. The van der Waals surface area contributed by atoms with Crippen LogP contribution in [-0.2, 0) is 0 Å². The van der Waals surface area contributed by atoms with Gasteiger partial charge in [0.2, 0.25) is 0 Å². The fourth-order valence-electron chi connectivity index (χ4n) is 1.11. The van der Waals surface area contributed by atoms with Crippen LogP contribution in [-0.4, -0.2) is 37.1 Å². The molecule has 0 atom stereocenters. The second-order valence-electron chi connectivity index (χ2n) is 2.76. The largest absolute Gasteiger partial charge is 0.398 e. The van der Waals surface area contributed by atoms with Crippen molar-refractivity contribution < 1.29 is 0 Å². The average molecular weight is 142 g/mol. The van der Waals surface area contributed by atoms with Gasteiger partial charge in [-0.3, -0.25) is 4.90 Å². The van der Waals surface area contributed by atoms with Gasteiger partial charge in [0.1, 0.15) is 5.82 Å². The molecule has 0 fully saturated rings. The second-order valence-corrected chi connectivity index (χ2v) is 2.76. The molecule has 0 bridgehead atoms. The van der Waals surface area contributed by atoms with Crippen molar-refractivity contribution in [1.82, 2.24) is 9.80 Å². The van der Waals surface area contributed by atoms with Gasteiger partial charge in [0, 0.05) is 13.6 Å². The first-order valence-electron chi connectivity index (χ1n) is 3.25. The fourth-order valence-corrected chi connectivity index (χ4v) is 1.11. The van der Waals surface area contributed by atoms with Crippen LogP contribution >= 0.6 is 0 Å². The van der Waals surface area contributed by atoms with Crippen LogP contribution in [0.2, 0.25) is 0 Å². The summed E-state index contributed by atoms with van der Waals surface area (Å²) in [6.45, 7) is 1.63. The first-order chi connectivity index (χ1) is 4.61. The molecule has 1 rings (SSSR count). The molecule has 58 valence electrons. The third-order valence-electron chi connectivity index (χ3n) is 1.63. The summed E-state index contributed by atoms with van der Waals surface area (Å²) in [5, 5.41) is 0. The highest BCUT2D eigenvalue weighted by atomic mass is 15.3. The molecule has 4 nitrogen and oxygen atoms in total.